The highest BCUT2D eigenvalue weighted by Gasteiger charge is 2.22. The van der Waals surface area contributed by atoms with Crippen molar-refractivity contribution in [2.75, 3.05) is 104 Å². The molecule has 0 unspecified atom stereocenters. The summed E-state index contributed by atoms with van der Waals surface area (Å²) in [5.74, 6) is 0.567. The maximum atomic E-state index is 9.28. The van der Waals surface area contributed by atoms with Gasteiger partial charge in [0.05, 0.1) is 91.0 Å². The fourth-order valence-corrected chi connectivity index (χ4v) is 5.83. The first-order valence-corrected chi connectivity index (χ1v) is 17.2. The normalized spacial score (nSPS) is 11.6. The summed E-state index contributed by atoms with van der Waals surface area (Å²) in [4.78, 5) is 6.18. The van der Waals surface area contributed by atoms with E-state index >= 15 is 0 Å². The van der Waals surface area contributed by atoms with E-state index in [1.807, 2.05) is 18.2 Å². The standard InChI is InChI=1S/C34H53N6O5S/c1-8-12-16-40(10-3,11-4)17-19-43-21-23-45-25-24-44-22-20-42-18-15-39(9-2)29-13-14-30(31(26-29)41-7)37-38-34-33(36-6)28(5)32(27-35)46-34/h13-14,26H,8-12,15-25H2,1-5,7H3/q+1. The Hall–Kier alpha value is -3.10. The van der Waals surface area contributed by atoms with Gasteiger partial charge in [0.15, 0.2) is 0 Å². The molecular weight excluding hydrogens is 604 g/mol. The monoisotopic (exact) mass is 657 g/mol. The van der Waals surface area contributed by atoms with Crippen molar-refractivity contribution >= 4 is 33.4 Å². The number of hydrogen-bond donors (Lipinski definition) is 0. The van der Waals surface area contributed by atoms with Crippen LogP contribution in [-0.4, -0.2) is 104 Å². The Kier molecular flexibility index (Phi) is 19.1. The minimum absolute atomic E-state index is 0.357. The summed E-state index contributed by atoms with van der Waals surface area (Å²) >= 11 is 1.16. The Bertz CT molecular complexity index is 1270. The van der Waals surface area contributed by atoms with Gasteiger partial charge >= 0.3 is 0 Å². The van der Waals surface area contributed by atoms with Gasteiger partial charge in [-0.3, -0.25) is 0 Å². The maximum Gasteiger partial charge on any atom is 0.229 e. The van der Waals surface area contributed by atoms with Gasteiger partial charge in [-0.05, 0) is 51.8 Å². The van der Waals surface area contributed by atoms with E-state index in [4.69, 9.17) is 30.3 Å². The second-order valence-electron chi connectivity index (χ2n) is 10.8. The summed E-state index contributed by atoms with van der Waals surface area (Å²) in [7, 11) is 1.59. The van der Waals surface area contributed by atoms with E-state index in [9.17, 15) is 5.26 Å². The second kappa shape index (κ2) is 22.4. The zero-order valence-electron chi connectivity index (χ0n) is 28.7. The van der Waals surface area contributed by atoms with Gasteiger partial charge in [-0.2, -0.15) is 10.4 Å². The molecule has 0 saturated carbocycles. The fourth-order valence-electron chi connectivity index (χ4n) is 4.97. The lowest BCUT2D eigenvalue weighted by molar-refractivity contribution is -0.925. The van der Waals surface area contributed by atoms with Crippen LogP contribution in [0.5, 0.6) is 5.75 Å². The van der Waals surface area contributed by atoms with Crippen LogP contribution < -0.4 is 9.64 Å². The van der Waals surface area contributed by atoms with Crippen LogP contribution in [0.1, 0.15) is 51.0 Å². The predicted molar refractivity (Wildman–Crippen MR) is 184 cm³/mol. The first-order chi connectivity index (χ1) is 22.4. The molecule has 12 heteroatoms. The number of hydrogen-bond acceptors (Lipinski definition) is 10. The number of azo groups is 1. The van der Waals surface area contributed by atoms with Gasteiger partial charge in [0, 0.05) is 24.8 Å². The predicted octanol–water partition coefficient (Wildman–Crippen LogP) is 7.45. The third-order valence-electron chi connectivity index (χ3n) is 8.13. The van der Waals surface area contributed by atoms with E-state index in [1.165, 1.54) is 19.4 Å². The Morgan fingerprint density at radius 2 is 1.54 bits per heavy atom. The number of quaternary nitrogens is 1. The summed E-state index contributed by atoms with van der Waals surface area (Å²) in [5, 5.41) is 18.3. The average molecular weight is 658 g/mol. The van der Waals surface area contributed by atoms with Crippen molar-refractivity contribution in [3.05, 3.63) is 40.1 Å². The summed E-state index contributed by atoms with van der Waals surface area (Å²) in [5.41, 5.74) is 2.51. The van der Waals surface area contributed by atoms with Crippen molar-refractivity contribution in [2.45, 2.75) is 47.5 Å². The third kappa shape index (κ3) is 12.6. The number of unbranched alkanes of at least 4 members (excludes halogenated alkanes) is 1. The molecule has 0 spiro atoms. The van der Waals surface area contributed by atoms with Crippen LogP contribution in [0, 0.1) is 24.8 Å². The molecule has 0 fully saturated rings. The molecule has 46 heavy (non-hydrogen) atoms. The molecule has 2 aromatic rings. The second-order valence-corrected chi connectivity index (χ2v) is 11.8. The lowest BCUT2D eigenvalue weighted by Gasteiger charge is -2.36. The highest BCUT2D eigenvalue weighted by atomic mass is 32.1. The molecule has 0 N–H and O–H groups in total. The molecule has 1 heterocycles. The van der Waals surface area contributed by atoms with Gasteiger partial charge in [-0.25, -0.2) is 4.85 Å². The van der Waals surface area contributed by atoms with Crippen molar-refractivity contribution in [1.29, 1.82) is 5.26 Å². The zero-order chi connectivity index (χ0) is 33.6. The van der Waals surface area contributed by atoms with Crippen LogP contribution in [0.3, 0.4) is 0 Å². The van der Waals surface area contributed by atoms with Gasteiger partial charge in [0.2, 0.25) is 5.69 Å². The van der Waals surface area contributed by atoms with Gasteiger partial charge < -0.3 is 33.1 Å². The quantitative estimate of drug-likeness (QED) is 0.0473. The topological polar surface area (TPSA) is 102 Å². The Morgan fingerprint density at radius 3 is 2.09 bits per heavy atom. The number of methoxy groups -OCH3 is 1. The average Bonchev–Trinajstić information content (AvgIpc) is 3.40. The Labute approximate surface area is 280 Å². The van der Waals surface area contributed by atoms with Crippen molar-refractivity contribution in [2.24, 2.45) is 10.2 Å². The van der Waals surface area contributed by atoms with Crippen molar-refractivity contribution < 1.29 is 28.2 Å². The molecule has 0 amide bonds. The van der Waals surface area contributed by atoms with Crippen LogP contribution in [0.25, 0.3) is 4.85 Å². The largest absolute Gasteiger partial charge is 0.494 e. The molecule has 0 atom stereocenters. The number of benzene rings is 1. The van der Waals surface area contributed by atoms with Gasteiger partial charge in [0.25, 0.3) is 0 Å². The molecule has 254 valence electrons. The Morgan fingerprint density at radius 1 is 0.913 bits per heavy atom. The van der Waals surface area contributed by atoms with Gasteiger partial charge in [-0.1, -0.05) is 13.3 Å². The molecular formula is C34H53N6O5S+. The number of nitriles is 1. The van der Waals surface area contributed by atoms with Crippen molar-refractivity contribution in [3.8, 4) is 11.8 Å². The third-order valence-corrected chi connectivity index (χ3v) is 9.20. The zero-order valence-corrected chi connectivity index (χ0v) is 29.5. The number of likely N-dealkylation sites (N-methyl/N-ethyl adjacent to an activating group) is 2. The molecule has 0 aliphatic carbocycles. The van der Waals surface area contributed by atoms with Crippen LogP contribution in [0.2, 0.25) is 0 Å². The van der Waals surface area contributed by atoms with E-state index in [2.05, 4.69) is 53.7 Å². The van der Waals surface area contributed by atoms with Crippen LogP contribution in [0.4, 0.5) is 22.1 Å². The minimum atomic E-state index is 0.357. The van der Waals surface area contributed by atoms with Crippen LogP contribution >= 0.6 is 11.3 Å². The van der Waals surface area contributed by atoms with Crippen molar-refractivity contribution in [3.63, 3.8) is 0 Å². The highest BCUT2D eigenvalue weighted by molar-refractivity contribution is 7.17. The van der Waals surface area contributed by atoms with E-state index in [0.717, 1.165) is 54.3 Å². The fraction of sp³-hybridized carbons (Fsp3) is 0.647. The van der Waals surface area contributed by atoms with Crippen molar-refractivity contribution in [1.82, 2.24) is 0 Å². The minimum Gasteiger partial charge on any atom is -0.494 e. The van der Waals surface area contributed by atoms with Gasteiger partial charge in [0.1, 0.15) is 29.1 Å². The first-order valence-electron chi connectivity index (χ1n) is 16.3. The smallest absolute Gasteiger partial charge is 0.229 e. The first kappa shape index (κ1) is 39.1. The van der Waals surface area contributed by atoms with E-state index in [1.54, 1.807) is 14.0 Å². The number of rotatable bonds is 25. The molecule has 0 aliphatic rings. The summed E-state index contributed by atoms with van der Waals surface area (Å²) in [6.45, 7) is 28.8. The van der Waals surface area contributed by atoms with Crippen LogP contribution in [-0.2, 0) is 18.9 Å². The van der Waals surface area contributed by atoms with E-state index < -0.39 is 0 Å². The SMILES string of the molecule is [C-]#[N+]c1c(N=Nc2ccc(N(CC)CCOCCOCCOCCOCC[N+](CC)(CC)CCCC)cc2OC)sc(C#N)c1C. The molecule has 0 radical (unpaired) electrons. The lowest BCUT2D eigenvalue weighted by atomic mass is 10.2. The summed E-state index contributed by atoms with van der Waals surface area (Å²) in [6.07, 6.45) is 2.50. The molecule has 0 saturated heterocycles. The molecule has 1 aromatic heterocycles. The number of ether oxygens (including phenoxy) is 5. The molecule has 11 nitrogen and oxygen atoms in total. The number of nitrogens with zero attached hydrogens (tertiary/aromatic N) is 6. The van der Waals surface area contributed by atoms with Crippen LogP contribution in [0.15, 0.2) is 28.4 Å². The maximum absolute atomic E-state index is 9.28. The number of thiophene rings is 1. The molecule has 2 rings (SSSR count). The Balaban J connectivity index is 1.64. The van der Waals surface area contributed by atoms with Gasteiger partial charge in [-0.15, -0.1) is 16.5 Å². The molecule has 0 bridgehead atoms. The van der Waals surface area contributed by atoms with E-state index in [-0.39, 0.29) is 0 Å². The highest BCUT2D eigenvalue weighted by Crippen LogP contribution is 2.43. The molecule has 1 aromatic carbocycles. The number of anilines is 1. The summed E-state index contributed by atoms with van der Waals surface area (Å²) in [6, 6.07) is 7.82. The molecule has 0 aliphatic heterocycles. The lowest BCUT2D eigenvalue weighted by Crippen LogP contribution is -2.50. The van der Waals surface area contributed by atoms with E-state index in [0.29, 0.717) is 85.4 Å². The summed E-state index contributed by atoms with van der Waals surface area (Å²) < 4.78 is 29.6.